The number of halogens is 1. The quantitative estimate of drug-likeness (QED) is 0.527. The molecule has 1 aromatic heterocycles. The average Bonchev–Trinajstić information content (AvgIpc) is 3.53. The van der Waals surface area contributed by atoms with Gasteiger partial charge in [-0.15, -0.1) is 0 Å². The second-order valence-corrected chi connectivity index (χ2v) is 7.69. The molecule has 0 unspecified atom stereocenters. The second-order valence-electron chi connectivity index (χ2n) is 7.69. The van der Waals surface area contributed by atoms with Gasteiger partial charge in [0.25, 0.3) is 5.91 Å². The van der Waals surface area contributed by atoms with Gasteiger partial charge in [-0.1, -0.05) is 30.3 Å². The summed E-state index contributed by atoms with van der Waals surface area (Å²) in [5.74, 6) is -0.591. The van der Waals surface area contributed by atoms with Crippen molar-refractivity contribution in [2.45, 2.75) is 18.7 Å². The van der Waals surface area contributed by atoms with Gasteiger partial charge in [-0.3, -0.25) is 14.5 Å². The summed E-state index contributed by atoms with van der Waals surface area (Å²) in [5, 5.41) is 16.9. The molecule has 8 heteroatoms. The fraction of sp³-hybridized carbons (Fsp3) is 0.240. The normalized spacial score (nSPS) is 15.0. The van der Waals surface area contributed by atoms with Crippen molar-refractivity contribution in [2.75, 3.05) is 20.3 Å². The summed E-state index contributed by atoms with van der Waals surface area (Å²) < 4.78 is 20.3. The van der Waals surface area contributed by atoms with Crippen LogP contribution in [-0.4, -0.2) is 58.9 Å². The zero-order chi connectivity index (χ0) is 23.2. The number of aliphatic hydroxyl groups excluding tert-OH is 1. The van der Waals surface area contributed by atoms with E-state index >= 15 is 0 Å². The van der Waals surface area contributed by atoms with Crippen LogP contribution < -0.4 is 5.32 Å². The number of aliphatic imine (C=N–C) groups is 1. The Morgan fingerprint density at radius 3 is 2.70 bits per heavy atom. The monoisotopic (exact) mass is 448 g/mol. The van der Waals surface area contributed by atoms with Crippen LogP contribution in [-0.2, 0) is 11.3 Å². The molecular formula is C25H25FN4O3. The molecule has 3 aromatic rings. The number of hydrogen-bond donors (Lipinski definition) is 2. The summed E-state index contributed by atoms with van der Waals surface area (Å²) in [5.41, 5.74) is 3.70. The molecule has 2 aromatic carbocycles. The Morgan fingerprint density at radius 1 is 1.21 bits per heavy atom. The number of rotatable bonds is 9. The summed E-state index contributed by atoms with van der Waals surface area (Å²) in [6.45, 7) is 0.547. The number of carbonyl (C=O) groups is 1. The Balaban J connectivity index is 1.57. The van der Waals surface area contributed by atoms with Crippen LogP contribution in [0.1, 0.15) is 21.5 Å². The van der Waals surface area contributed by atoms with Gasteiger partial charge in [0.1, 0.15) is 11.9 Å². The number of aliphatic hydroxyl groups is 1. The highest BCUT2D eigenvalue weighted by Gasteiger charge is 2.26. The van der Waals surface area contributed by atoms with Crippen LogP contribution in [0, 0.1) is 5.82 Å². The summed E-state index contributed by atoms with van der Waals surface area (Å²) in [4.78, 5) is 17.9. The molecule has 0 radical (unpaired) electrons. The summed E-state index contributed by atoms with van der Waals surface area (Å²) in [7, 11) is 1.49. The van der Waals surface area contributed by atoms with Gasteiger partial charge in [-0.2, -0.15) is 5.10 Å². The fourth-order valence-electron chi connectivity index (χ4n) is 3.81. The topological polar surface area (TPSA) is 88.7 Å². The van der Waals surface area contributed by atoms with Gasteiger partial charge in [0.2, 0.25) is 0 Å². The third-order valence-corrected chi connectivity index (χ3v) is 5.58. The van der Waals surface area contributed by atoms with Crippen molar-refractivity contribution in [1.82, 2.24) is 15.1 Å². The van der Waals surface area contributed by atoms with Crippen LogP contribution in [0.15, 0.2) is 78.1 Å². The first-order valence-electron chi connectivity index (χ1n) is 10.6. The second kappa shape index (κ2) is 10.3. The highest BCUT2D eigenvalue weighted by Crippen LogP contribution is 2.23. The van der Waals surface area contributed by atoms with Gasteiger partial charge in [-0.25, -0.2) is 4.39 Å². The standard InChI is InChI=1S/C25H25FN4O3/c1-33-24(16-31)23(15-30-12-4-11-28-30)29-25(32)21-6-3-2-5-20(21)22-13-18(14-27-22)17-7-9-19(26)10-8-17/h2-13,23-24,31H,14-16H2,1H3,(H,29,32)/t23-,24-/m1/s1. The molecule has 7 nitrogen and oxygen atoms in total. The van der Waals surface area contributed by atoms with Gasteiger partial charge in [0.15, 0.2) is 0 Å². The average molecular weight is 448 g/mol. The first kappa shape index (κ1) is 22.6. The van der Waals surface area contributed by atoms with Crippen LogP contribution in [0.2, 0.25) is 0 Å². The molecule has 4 rings (SSSR count). The molecule has 170 valence electrons. The molecule has 2 atom stereocenters. The van der Waals surface area contributed by atoms with Crippen molar-refractivity contribution >= 4 is 17.2 Å². The number of amides is 1. The fourth-order valence-corrected chi connectivity index (χ4v) is 3.81. The molecule has 0 saturated carbocycles. The highest BCUT2D eigenvalue weighted by molar-refractivity contribution is 6.19. The Bertz CT molecular complexity index is 1150. The summed E-state index contributed by atoms with van der Waals surface area (Å²) >= 11 is 0. The maximum Gasteiger partial charge on any atom is 0.252 e. The number of hydrogen-bond acceptors (Lipinski definition) is 5. The third kappa shape index (κ3) is 5.24. The van der Waals surface area contributed by atoms with Gasteiger partial charge in [0, 0.05) is 30.6 Å². The molecular weight excluding hydrogens is 423 g/mol. The largest absolute Gasteiger partial charge is 0.394 e. The van der Waals surface area contributed by atoms with Crippen LogP contribution in [0.25, 0.3) is 5.57 Å². The van der Waals surface area contributed by atoms with E-state index < -0.39 is 12.1 Å². The van der Waals surface area contributed by atoms with E-state index in [-0.39, 0.29) is 18.3 Å². The minimum absolute atomic E-state index is 0.249. The summed E-state index contributed by atoms with van der Waals surface area (Å²) in [6.07, 6.45) is 4.76. The van der Waals surface area contributed by atoms with Gasteiger partial charge in [0.05, 0.1) is 31.4 Å². The Labute approximate surface area is 191 Å². The number of methoxy groups -OCH3 is 1. The molecule has 0 bridgehead atoms. The van der Waals surface area contributed by atoms with E-state index in [4.69, 9.17) is 4.74 Å². The van der Waals surface area contributed by atoms with E-state index in [1.165, 1.54) is 19.2 Å². The van der Waals surface area contributed by atoms with Crippen molar-refractivity contribution in [1.29, 1.82) is 0 Å². The molecule has 2 N–H and O–H groups in total. The molecule has 2 heterocycles. The number of benzene rings is 2. The highest BCUT2D eigenvalue weighted by atomic mass is 19.1. The third-order valence-electron chi connectivity index (χ3n) is 5.58. The van der Waals surface area contributed by atoms with E-state index in [2.05, 4.69) is 15.4 Å². The lowest BCUT2D eigenvalue weighted by molar-refractivity contribution is 0.0166. The molecule has 0 fully saturated rings. The van der Waals surface area contributed by atoms with E-state index in [9.17, 15) is 14.3 Å². The zero-order valence-corrected chi connectivity index (χ0v) is 18.2. The van der Waals surface area contributed by atoms with Crippen LogP contribution in [0.3, 0.4) is 0 Å². The predicted molar refractivity (Wildman–Crippen MR) is 124 cm³/mol. The molecule has 1 aliphatic rings. The molecule has 0 saturated heterocycles. The number of ether oxygens (including phenoxy) is 1. The molecule has 1 aliphatic heterocycles. The lowest BCUT2D eigenvalue weighted by Gasteiger charge is -2.26. The van der Waals surface area contributed by atoms with E-state index in [0.717, 1.165) is 11.1 Å². The van der Waals surface area contributed by atoms with Crippen molar-refractivity contribution in [2.24, 2.45) is 4.99 Å². The number of allylic oxidation sites excluding steroid dienone is 1. The van der Waals surface area contributed by atoms with E-state index in [1.54, 1.807) is 47.4 Å². The van der Waals surface area contributed by atoms with Crippen molar-refractivity contribution < 1.29 is 19.0 Å². The minimum Gasteiger partial charge on any atom is -0.394 e. The van der Waals surface area contributed by atoms with Crippen LogP contribution >= 0.6 is 0 Å². The lowest BCUT2D eigenvalue weighted by Crippen LogP contribution is -2.48. The van der Waals surface area contributed by atoms with Crippen LogP contribution in [0.5, 0.6) is 0 Å². The smallest absolute Gasteiger partial charge is 0.252 e. The maximum atomic E-state index is 13.3. The van der Waals surface area contributed by atoms with E-state index in [0.29, 0.717) is 29.9 Å². The van der Waals surface area contributed by atoms with Crippen molar-refractivity contribution in [3.05, 3.63) is 95.6 Å². The summed E-state index contributed by atoms with van der Waals surface area (Å²) in [6, 6.07) is 14.8. The van der Waals surface area contributed by atoms with Crippen molar-refractivity contribution in [3.8, 4) is 0 Å². The van der Waals surface area contributed by atoms with Gasteiger partial charge < -0.3 is 15.2 Å². The first-order valence-corrected chi connectivity index (χ1v) is 10.6. The molecule has 33 heavy (non-hydrogen) atoms. The minimum atomic E-state index is -0.598. The number of nitrogens with zero attached hydrogens (tertiary/aromatic N) is 3. The van der Waals surface area contributed by atoms with Crippen LogP contribution in [0.4, 0.5) is 4.39 Å². The van der Waals surface area contributed by atoms with Gasteiger partial charge in [-0.05, 0) is 41.5 Å². The molecule has 1 amide bonds. The maximum absolute atomic E-state index is 13.3. The SMILES string of the molecule is CO[C@H](CO)[C@@H](Cn1cccn1)NC(=O)c1ccccc1C1=NCC(c2ccc(F)cc2)=C1. The predicted octanol–water partition coefficient (Wildman–Crippen LogP) is 2.71. The lowest BCUT2D eigenvalue weighted by atomic mass is 9.99. The Kier molecular flexibility index (Phi) is 7.07. The molecule has 0 spiro atoms. The first-order chi connectivity index (χ1) is 16.1. The number of nitrogens with one attached hydrogen (secondary N) is 1. The number of carbonyl (C=O) groups excluding carboxylic acids is 1. The molecule has 0 aliphatic carbocycles. The Hall–Kier alpha value is -3.62. The van der Waals surface area contributed by atoms with E-state index in [1.807, 2.05) is 18.2 Å². The number of aromatic nitrogens is 2. The van der Waals surface area contributed by atoms with Crippen molar-refractivity contribution in [3.63, 3.8) is 0 Å². The Morgan fingerprint density at radius 2 is 2.00 bits per heavy atom. The zero-order valence-electron chi connectivity index (χ0n) is 18.2. The van der Waals surface area contributed by atoms with Gasteiger partial charge >= 0.3 is 0 Å².